The molecule has 0 radical (unpaired) electrons. The quantitative estimate of drug-likeness (QED) is 0.689. The molecule has 0 unspecified atom stereocenters. The average Bonchev–Trinajstić information content (AvgIpc) is 3.16. The SMILES string of the molecule is CN(Cc1ccccc1F)C(=O)COc1ccc(-c2nnco2)cc1. The zero-order chi connectivity index (χ0) is 17.6. The van der Waals surface area contributed by atoms with Gasteiger partial charge in [-0.2, -0.15) is 0 Å². The molecule has 3 aromatic rings. The van der Waals surface area contributed by atoms with Gasteiger partial charge in [0.2, 0.25) is 12.3 Å². The molecule has 25 heavy (non-hydrogen) atoms. The van der Waals surface area contributed by atoms with Crippen LogP contribution in [-0.2, 0) is 11.3 Å². The number of likely N-dealkylation sites (N-methyl/N-ethyl adjacent to an activating group) is 1. The molecule has 0 atom stereocenters. The van der Waals surface area contributed by atoms with Crippen LogP contribution in [-0.4, -0.2) is 34.7 Å². The summed E-state index contributed by atoms with van der Waals surface area (Å²) in [5.41, 5.74) is 1.22. The van der Waals surface area contributed by atoms with Gasteiger partial charge >= 0.3 is 0 Å². The van der Waals surface area contributed by atoms with Crippen molar-refractivity contribution in [3.05, 3.63) is 66.3 Å². The van der Waals surface area contributed by atoms with E-state index in [1.165, 1.54) is 17.4 Å². The molecule has 0 saturated carbocycles. The lowest BCUT2D eigenvalue weighted by Crippen LogP contribution is -2.31. The van der Waals surface area contributed by atoms with Gasteiger partial charge in [0.25, 0.3) is 5.91 Å². The van der Waals surface area contributed by atoms with Crippen molar-refractivity contribution in [2.45, 2.75) is 6.54 Å². The normalized spacial score (nSPS) is 10.5. The van der Waals surface area contributed by atoms with Gasteiger partial charge in [-0.05, 0) is 30.3 Å². The van der Waals surface area contributed by atoms with Crippen LogP contribution >= 0.6 is 0 Å². The Labute approximate surface area is 143 Å². The van der Waals surface area contributed by atoms with Crippen molar-refractivity contribution in [3.8, 4) is 17.2 Å². The topological polar surface area (TPSA) is 68.5 Å². The van der Waals surface area contributed by atoms with E-state index in [1.807, 2.05) is 0 Å². The van der Waals surface area contributed by atoms with Gasteiger partial charge in [0.05, 0.1) is 0 Å². The molecule has 0 aliphatic heterocycles. The van der Waals surface area contributed by atoms with Gasteiger partial charge in [0.15, 0.2) is 6.61 Å². The van der Waals surface area contributed by atoms with Crippen LogP contribution in [0.2, 0.25) is 0 Å². The molecule has 0 aliphatic rings. The Bertz CT molecular complexity index is 835. The largest absolute Gasteiger partial charge is 0.484 e. The van der Waals surface area contributed by atoms with Gasteiger partial charge in [-0.25, -0.2) is 4.39 Å². The summed E-state index contributed by atoms with van der Waals surface area (Å²) in [6, 6.07) is 13.3. The van der Waals surface area contributed by atoms with Gasteiger partial charge in [-0.15, -0.1) is 10.2 Å². The van der Waals surface area contributed by atoms with Crippen LogP contribution in [0.15, 0.2) is 59.3 Å². The number of nitrogens with zero attached hydrogens (tertiary/aromatic N) is 3. The lowest BCUT2D eigenvalue weighted by molar-refractivity contribution is -0.132. The first kappa shape index (κ1) is 16.6. The third kappa shape index (κ3) is 4.20. The second kappa shape index (κ2) is 7.57. The number of carbonyl (C=O) groups excluding carboxylic acids is 1. The third-order valence-electron chi connectivity index (χ3n) is 3.61. The minimum Gasteiger partial charge on any atom is -0.484 e. The van der Waals surface area contributed by atoms with Crippen molar-refractivity contribution in [3.63, 3.8) is 0 Å². The van der Waals surface area contributed by atoms with E-state index in [-0.39, 0.29) is 24.9 Å². The molecule has 0 fully saturated rings. The number of hydrogen-bond acceptors (Lipinski definition) is 5. The van der Waals surface area contributed by atoms with Crippen molar-refractivity contribution < 1.29 is 18.3 Å². The Balaban J connectivity index is 1.54. The van der Waals surface area contributed by atoms with Crippen LogP contribution in [0, 0.1) is 5.82 Å². The number of rotatable bonds is 6. The van der Waals surface area contributed by atoms with E-state index in [0.717, 1.165) is 5.56 Å². The number of ether oxygens (including phenoxy) is 1. The Hall–Kier alpha value is -3.22. The fourth-order valence-electron chi connectivity index (χ4n) is 2.22. The van der Waals surface area contributed by atoms with Crippen molar-refractivity contribution in [2.24, 2.45) is 0 Å². The summed E-state index contributed by atoms with van der Waals surface area (Å²) in [6.07, 6.45) is 1.25. The lowest BCUT2D eigenvalue weighted by atomic mass is 10.2. The van der Waals surface area contributed by atoms with Gasteiger partial charge in [-0.3, -0.25) is 4.79 Å². The third-order valence-corrected chi connectivity index (χ3v) is 3.61. The summed E-state index contributed by atoms with van der Waals surface area (Å²) in [7, 11) is 1.61. The number of carbonyl (C=O) groups is 1. The second-order valence-electron chi connectivity index (χ2n) is 5.40. The molecule has 2 aromatic carbocycles. The number of hydrogen-bond donors (Lipinski definition) is 0. The fraction of sp³-hybridized carbons (Fsp3) is 0.167. The smallest absolute Gasteiger partial charge is 0.260 e. The van der Waals surface area contributed by atoms with E-state index in [9.17, 15) is 9.18 Å². The van der Waals surface area contributed by atoms with Crippen LogP contribution in [0.5, 0.6) is 5.75 Å². The first-order chi connectivity index (χ1) is 12.1. The van der Waals surface area contributed by atoms with E-state index in [0.29, 0.717) is 17.2 Å². The first-order valence-electron chi connectivity index (χ1n) is 7.60. The van der Waals surface area contributed by atoms with Crippen LogP contribution in [0.25, 0.3) is 11.5 Å². The molecular weight excluding hydrogens is 325 g/mol. The molecule has 0 aliphatic carbocycles. The highest BCUT2D eigenvalue weighted by molar-refractivity contribution is 5.77. The van der Waals surface area contributed by atoms with Crippen molar-refractivity contribution >= 4 is 5.91 Å². The van der Waals surface area contributed by atoms with Gasteiger partial charge < -0.3 is 14.1 Å². The number of benzene rings is 2. The summed E-state index contributed by atoms with van der Waals surface area (Å²) in [4.78, 5) is 13.6. The Morgan fingerprint density at radius 2 is 1.96 bits per heavy atom. The van der Waals surface area contributed by atoms with Crippen molar-refractivity contribution in [1.29, 1.82) is 0 Å². The molecular formula is C18H16FN3O3. The molecule has 6 nitrogen and oxygen atoms in total. The van der Waals surface area contributed by atoms with Crippen LogP contribution < -0.4 is 4.74 Å². The molecule has 1 heterocycles. The molecule has 1 aromatic heterocycles. The molecule has 128 valence electrons. The van der Waals surface area contributed by atoms with E-state index in [4.69, 9.17) is 9.15 Å². The highest BCUT2D eigenvalue weighted by Crippen LogP contribution is 2.20. The number of aromatic nitrogens is 2. The fourth-order valence-corrected chi connectivity index (χ4v) is 2.22. The maximum absolute atomic E-state index is 13.6. The Morgan fingerprint density at radius 1 is 1.20 bits per heavy atom. The number of amides is 1. The van der Waals surface area contributed by atoms with Gasteiger partial charge in [0, 0.05) is 24.7 Å². The van der Waals surface area contributed by atoms with Crippen molar-refractivity contribution in [1.82, 2.24) is 15.1 Å². The highest BCUT2D eigenvalue weighted by Gasteiger charge is 2.12. The van der Waals surface area contributed by atoms with Crippen molar-refractivity contribution in [2.75, 3.05) is 13.7 Å². The van der Waals surface area contributed by atoms with E-state index < -0.39 is 0 Å². The predicted molar refractivity (Wildman–Crippen MR) is 88.1 cm³/mol. The van der Waals surface area contributed by atoms with Crippen LogP contribution in [0.1, 0.15) is 5.56 Å². The summed E-state index contributed by atoms with van der Waals surface area (Å²) >= 11 is 0. The van der Waals surface area contributed by atoms with E-state index in [1.54, 1.807) is 49.5 Å². The zero-order valence-electron chi connectivity index (χ0n) is 13.6. The molecule has 0 N–H and O–H groups in total. The molecule has 0 bridgehead atoms. The lowest BCUT2D eigenvalue weighted by Gasteiger charge is -2.18. The summed E-state index contributed by atoms with van der Waals surface area (Å²) in [6.45, 7) is 0.0514. The molecule has 0 saturated heterocycles. The van der Waals surface area contributed by atoms with E-state index >= 15 is 0 Å². The van der Waals surface area contributed by atoms with Gasteiger partial charge in [-0.1, -0.05) is 18.2 Å². The summed E-state index contributed by atoms with van der Waals surface area (Å²) in [5, 5.41) is 7.43. The minimum atomic E-state index is -0.334. The average molecular weight is 341 g/mol. The first-order valence-corrected chi connectivity index (χ1v) is 7.60. The van der Waals surface area contributed by atoms with Crippen LogP contribution in [0.4, 0.5) is 4.39 Å². The van der Waals surface area contributed by atoms with E-state index in [2.05, 4.69) is 10.2 Å². The predicted octanol–water partition coefficient (Wildman–Crippen LogP) is 2.91. The monoisotopic (exact) mass is 341 g/mol. The zero-order valence-corrected chi connectivity index (χ0v) is 13.6. The van der Waals surface area contributed by atoms with Gasteiger partial charge in [0.1, 0.15) is 11.6 Å². The summed E-state index contributed by atoms with van der Waals surface area (Å²) in [5.74, 6) is 0.368. The Kier molecular flexibility index (Phi) is 5.03. The standard InChI is InChI=1S/C18H16FN3O3/c1-22(10-14-4-2-3-5-16(14)19)17(23)11-24-15-8-6-13(7-9-15)18-21-20-12-25-18/h2-9,12H,10-11H2,1H3. The maximum Gasteiger partial charge on any atom is 0.260 e. The minimum absolute atomic E-state index is 0.134. The molecule has 3 rings (SSSR count). The molecule has 1 amide bonds. The number of halogens is 1. The maximum atomic E-state index is 13.6. The second-order valence-corrected chi connectivity index (χ2v) is 5.40. The summed E-state index contributed by atoms with van der Waals surface area (Å²) < 4.78 is 24.2. The Morgan fingerprint density at radius 3 is 2.64 bits per heavy atom. The molecule has 0 spiro atoms. The highest BCUT2D eigenvalue weighted by atomic mass is 19.1. The van der Waals surface area contributed by atoms with Crippen LogP contribution in [0.3, 0.4) is 0 Å². The molecule has 7 heteroatoms.